The van der Waals surface area contributed by atoms with Crippen LogP contribution < -0.4 is 15.0 Å². The van der Waals surface area contributed by atoms with Crippen LogP contribution >= 0.6 is 11.3 Å². The third kappa shape index (κ3) is 8.80. The monoisotopic (exact) mass is 693 g/mol. The van der Waals surface area contributed by atoms with E-state index < -0.39 is 53.4 Å². The van der Waals surface area contributed by atoms with Crippen LogP contribution in [-0.4, -0.2) is 60.3 Å². The van der Waals surface area contributed by atoms with Gasteiger partial charge in [0, 0.05) is 35.2 Å². The third-order valence-corrected chi connectivity index (χ3v) is 7.82. The number of carbonyl (C=O) groups excluding carboxylic acids is 2. The van der Waals surface area contributed by atoms with E-state index in [1.54, 1.807) is 19.0 Å². The fraction of sp³-hybridized carbons (Fsp3) is 0.258. The summed E-state index contributed by atoms with van der Waals surface area (Å²) in [6.07, 6.45) is -4.55. The number of non-ortho nitro benzene ring substituents is 1. The third-order valence-electron chi connectivity index (χ3n) is 6.52. The van der Waals surface area contributed by atoms with Crippen LogP contribution in [0.15, 0.2) is 60.8 Å². The smallest absolute Gasteiger partial charge is 0.422 e. The zero-order valence-corrected chi connectivity index (χ0v) is 26.5. The molecule has 0 fully saturated rings. The SMILES string of the molecule is CCOC(=O)N(Cc1c(F)cccc1F)c1sc(-c2ccc([N+](=O)[O-])cc2)c(CN(C)C)c1C(=O)Nc1ccc(OCC(F)(F)F)nc1. The van der Waals surface area contributed by atoms with Gasteiger partial charge in [0.15, 0.2) is 6.61 Å². The maximum atomic E-state index is 14.9. The standard InChI is InChI=1S/C31H28F5N5O6S/c1-4-46-30(43)40(16-21-23(32)6-5-7-24(21)33)29-26(28(42)38-19-10-13-25(37-14-19)47-17-31(34,35)36)22(15-39(2)3)27(48-29)18-8-11-20(12-9-18)41(44)45/h5-14H,4,15-17H2,1-3H3,(H,38,42). The van der Waals surface area contributed by atoms with Crippen molar-refractivity contribution in [2.24, 2.45) is 0 Å². The summed E-state index contributed by atoms with van der Waals surface area (Å²) in [5, 5.41) is 13.9. The Morgan fingerprint density at radius 1 is 1.00 bits per heavy atom. The maximum Gasteiger partial charge on any atom is 0.422 e. The van der Waals surface area contributed by atoms with Crippen LogP contribution in [0.1, 0.15) is 28.4 Å². The van der Waals surface area contributed by atoms with Crippen molar-refractivity contribution >= 4 is 39.7 Å². The fourth-order valence-electron chi connectivity index (χ4n) is 4.46. The number of nitrogens with zero attached hydrogens (tertiary/aromatic N) is 4. The molecule has 1 N–H and O–H groups in total. The molecule has 17 heteroatoms. The number of rotatable bonds is 12. The number of nitro benzene ring substituents is 1. The lowest BCUT2D eigenvalue weighted by Gasteiger charge is -2.23. The van der Waals surface area contributed by atoms with Crippen molar-refractivity contribution in [2.45, 2.75) is 26.2 Å². The summed E-state index contributed by atoms with van der Waals surface area (Å²) in [6.45, 7) is -0.743. The van der Waals surface area contributed by atoms with Crippen molar-refractivity contribution in [3.63, 3.8) is 0 Å². The second-order valence-electron chi connectivity index (χ2n) is 10.4. The Balaban J connectivity index is 1.88. The molecule has 0 saturated heterocycles. The van der Waals surface area contributed by atoms with Crippen LogP contribution in [0, 0.1) is 21.7 Å². The summed E-state index contributed by atoms with van der Waals surface area (Å²) in [5.74, 6) is -3.05. The highest BCUT2D eigenvalue weighted by molar-refractivity contribution is 7.20. The largest absolute Gasteiger partial charge is 0.468 e. The number of thiophene rings is 1. The Bertz CT molecular complexity index is 1760. The molecule has 0 atom stereocenters. The number of aromatic nitrogens is 1. The van der Waals surface area contributed by atoms with Gasteiger partial charge in [-0.05, 0) is 62.5 Å². The number of carbonyl (C=O) groups is 2. The van der Waals surface area contributed by atoms with Gasteiger partial charge in [0.05, 0.1) is 35.5 Å². The van der Waals surface area contributed by atoms with Gasteiger partial charge >= 0.3 is 12.3 Å². The van der Waals surface area contributed by atoms with Crippen molar-refractivity contribution in [3.05, 3.63) is 99.2 Å². The van der Waals surface area contributed by atoms with E-state index in [0.717, 1.165) is 46.7 Å². The number of alkyl halides is 3. The van der Waals surface area contributed by atoms with E-state index >= 15 is 0 Å². The Kier molecular flexibility index (Phi) is 11.3. The molecule has 4 rings (SSSR count). The molecule has 0 saturated carbocycles. The predicted octanol–water partition coefficient (Wildman–Crippen LogP) is 7.41. The van der Waals surface area contributed by atoms with Crippen LogP contribution in [0.2, 0.25) is 0 Å². The van der Waals surface area contributed by atoms with Crippen molar-refractivity contribution in [1.29, 1.82) is 0 Å². The van der Waals surface area contributed by atoms with Crippen LogP contribution in [0.25, 0.3) is 10.4 Å². The Labute approximate surface area is 274 Å². The van der Waals surface area contributed by atoms with Gasteiger partial charge in [0.25, 0.3) is 11.6 Å². The second kappa shape index (κ2) is 15.2. The van der Waals surface area contributed by atoms with E-state index in [-0.39, 0.29) is 41.0 Å². The molecule has 2 amide bonds. The predicted molar refractivity (Wildman–Crippen MR) is 167 cm³/mol. The molecule has 0 aliphatic rings. The lowest BCUT2D eigenvalue weighted by atomic mass is 10.0. The van der Waals surface area contributed by atoms with Crippen LogP contribution in [-0.2, 0) is 17.8 Å². The van der Waals surface area contributed by atoms with E-state index in [1.807, 2.05) is 0 Å². The minimum absolute atomic E-state index is 0.0482. The highest BCUT2D eigenvalue weighted by Crippen LogP contribution is 2.44. The second-order valence-corrected chi connectivity index (χ2v) is 11.4. The Morgan fingerprint density at radius 3 is 2.21 bits per heavy atom. The van der Waals surface area contributed by atoms with Crippen molar-refractivity contribution in [1.82, 2.24) is 9.88 Å². The molecule has 0 unspecified atom stereocenters. The molecule has 0 aliphatic heterocycles. The molecular weight excluding hydrogens is 665 g/mol. The highest BCUT2D eigenvalue weighted by Gasteiger charge is 2.33. The summed E-state index contributed by atoms with van der Waals surface area (Å²) in [4.78, 5) is 45.1. The number of hydrogen-bond acceptors (Lipinski definition) is 9. The average Bonchev–Trinajstić information content (AvgIpc) is 3.38. The number of amides is 2. The topological polar surface area (TPSA) is 127 Å². The number of nitrogens with one attached hydrogen (secondary N) is 1. The quantitative estimate of drug-likeness (QED) is 0.0924. The first-order valence-corrected chi connectivity index (χ1v) is 14.9. The molecule has 11 nitrogen and oxygen atoms in total. The fourth-order valence-corrected chi connectivity index (χ4v) is 5.77. The average molecular weight is 694 g/mol. The number of ether oxygens (including phenoxy) is 2. The number of pyridine rings is 1. The summed E-state index contributed by atoms with van der Waals surface area (Å²) < 4.78 is 77.2. The van der Waals surface area contributed by atoms with Gasteiger partial charge in [-0.15, -0.1) is 11.3 Å². The molecule has 0 spiro atoms. The van der Waals surface area contributed by atoms with Gasteiger partial charge in [0.2, 0.25) is 5.88 Å². The molecule has 0 aliphatic carbocycles. The van der Waals surface area contributed by atoms with Crippen molar-refractivity contribution in [3.8, 4) is 16.3 Å². The summed E-state index contributed by atoms with van der Waals surface area (Å²) in [6, 6.07) is 11.0. The van der Waals surface area contributed by atoms with Gasteiger partial charge in [-0.1, -0.05) is 6.07 Å². The zero-order valence-electron chi connectivity index (χ0n) is 25.6. The first kappa shape index (κ1) is 35.7. The first-order valence-electron chi connectivity index (χ1n) is 14.1. The van der Waals surface area contributed by atoms with Crippen LogP contribution in [0.5, 0.6) is 5.88 Å². The molecule has 2 aromatic heterocycles. The minimum Gasteiger partial charge on any atom is -0.468 e. The summed E-state index contributed by atoms with van der Waals surface area (Å²) >= 11 is 0.920. The molecule has 0 radical (unpaired) electrons. The molecular formula is C31H28F5N5O6S. The minimum atomic E-state index is -4.59. The number of halogens is 5. The van der Waals surface area contributed by atoms with Gasteiger partial charge in [-0.2, -0.15) is 13.2 Å². The van der Waals surface area contributed by atoms with Gasteiger partial charge in [0.1, 0.15) is 16.6 Å². The maximum absolute atomic E-state index is 14.9. The van der Waals surface area contributed by atoms with Crippen molar-refractivity contribution in [2.75, 3.05) is 37.5 Å². The van der Waals surface area contributed by atoms with E-state index in [0.29, 0.717) is 16.0 Å². The van der Waals surface area contributed by atoms with Gasteiger partial charge < -0.3 is 19.7 Å². The Morgan fingerprint density at radius 2 is 1.67 bits per heavy atom. The summed E-state index contributed by atoms with van der Waals surface area (Å²) in [5.41, 5.74) is 0.0801. The lowest BCUT2D eigenvalue weighted by molar-refractivity contribution is -0.384. The molecule has 2 heterocycles. The lowest BCUT2D eigenvalue weighted by Crippen LogP contribution is -2.33. The van der Waals surface area contributed by atoms with E-state index in [9.17, 15) is 41.7 Å². The zero-order chi connectivity index (χ0) is 35.2. The van der Waals surface area contributed by atoms with E-state index in [2.05, 4.69) is 15.0 Å². The molecule has 0 bridgehead atoms. The van der Waals surface area contributed by atoms with E-state index in [4.69, 9.17) is 4.74 Å². The number of anilines is 2. The normalized spacial score (nSPS) is 11.4. The number of nitro groups is 1. The molecule has 48 heavy (non-hydrogen) atoms. The molecule has 4 aromatic rings. The first-order chi connectivity index (χ1) is 22.7. The molecule has 254 valence electrons. The van der Waals surface area contributed by atoms with Crippen molar-refractivity contribution < 1.29 is 45.9 Å². The number of benzene rings is 2. The van der Waals surface area contributed by atoms with Gasteiger partial charge in [-0.3, -0.25) is 19.8 Å². The highest BCUT2D eigenvalue weighted by atomic mass is 32.1. The number of hydrogen-bond donors (Lipinski definition) is 1. The van der Waals surface area contributed by atoms with Crippen LogP contribution in [0.4, 0.5) is 43.1 Å². The molecule has 2 aromatic carbocycles. The van der Waals surface area contributed by atoms with Gasteiger partial charge in [-0.25, -0.2) is 18.6 Å². The van der Waals surface area contributed by atoms with Crippen LogP contribution in [0.3, 0.4) is 0 Å². The van der Waals surface area contributed by atoms with E-state index in [1.165, 1.54) is 37.3 Å². The Hall–Kier alpha value is -5.16. The summed E-state index contributed by atoms with van der Waals surface area (Å²) in [7, 11) is 3.42.